The smallest absolute Gasteiger partial charge is 0.256 e. The van der Waals surface area contributed by atoms with E-state index in [-0.39, 0.29) is 24.1 Å². The van der Waals surface area contributed by atoms with Crippen LogP contribution in [0.4, 0.5) is 5.82 Å². The summed E-state index contributed by atoms with van der Waals surface area (Å²) in [5.41, 5.74) is 6.87. The molecule has 12 nitrogen and oxygen atoms in total. The fourth-order valence-corrected chi connectivity index (χ4v) is 8.31. The van der Waals surface area contributed by atoms with Crippen LogP contribution in [-0.4, -0.2) is 72.8 Å². The second-order valence-corrected chi connectivity index (χ2v) is 15.1. The number of rotatable bonds is 11. The summed E-state index contributed by atoms with van der Waals surface area (Å²) in [5, 5.41) is 12.2. The summed E-state index contributed by atoms with van der Waals surface area (Å²) < 4.78 is 2.02. The van der Waals surface area contributed by atoms with E-state index in [1.165, 1.54) is 12.1 Å². The van der Waals surface area contributed by atoms with Gasteiger partial charge < -0.3 is 15.2 Å². The first-order chi connectivity index (χ1) is 26.7. The third kappa shape index (κ3) is 7.49. The van der Waals surface area contributed by atoms with Gasteiger partial charge in [0.15, 0.2) is 0 Å². The van der Waals surface area contributed by atoms with Crippen LogP contribution < -0.4 is 10.6 Å². The van der Waals surface area contributed by atoms with E-state index in [1.807, 2.05) is 54.2 Å². The second kappa shape index (κ2) is 15.5. The molecule has 2 fully saturated rings. The number of likely N-dealkylation sites (tertiary alicyclic amines) is 1. The normalized spacial score (nSPS) is 18.5. The van der Waals surface area contributed by atoms with E-state index in [0.717, 1.165) is 96.7 Å². The number of carbonyl (C=O) groups excluding carboxylic acids is 4. The van der Waals surface area contributed by atoms with Crippen molar-refractivity contribution in [1.29, 1.82) is 0 Å². The molecule has 1 unspecified atom stereocenters. The number of carbonyl (C=O) groups is 4. The molecular weight excluding hydrogens is 693 g/mol. The summed E-state index contributed by atoms with van der Waals surface area (Å²) in [6.07, 6.45) is 10.6. The summed E-state index contributed by atoms with van der Waals surface area (Å²) >= 11 is 0. The molecule has 3 N–H and O–H groups in total. The standard InChI is InChI=1S/C43H46N8O4/c1-27-31-17-16-29(41(53)46-39-24-34-30(25-44-39)22-35(45-34)36-15-11-20-49(36)2)23-38(31)51(48-27)21-9-7-5-3-4-6-8-12-28-13-10-14-32-33(28)26-50(43(32)55)37-18-19-40(52)47-42(37)54/h10,13-14,16-17,22-25,36-37,45H,3-7,9,11,15,18-21,26H2,1-2H3,(H,44,46,53)(H,47,52,54)/t36-,37?/m1/s1. The van der Waals surface area contributed by atoms with Crippen LogP contribution in [0.3, 0.4) is 0 Å². The summed E-state index contributed by atoms with van der Waals surface area (Å²) in [4.78, 5) is 62.5. The minimum atomic E-state index is -0.633. The number of piperidine rings is 1. The van der Waals surface area contributed by atoms with Gasteiger partial charge >= 0.3 is 0 Å². The van der Waals surface area contributed by atoms with Crippen molar-refractivity contribution in [2.75, 3.05) is 18.9 Å². The molecule has 0 spiro atoms. The minimum Gasteiger partial charge on any atom is -0.357 e. The van der Waals surface area contributed by atoms with E-state index in [2.05, 4.69) is 50.5 Å². The van der Waals surface area contributed by atoms with Gasteiger partial charge in [0.05, 0.1) is 16.7 Å². The van der Waals surface area contributed by atoms with Gasteiger partial charge in [-0.25, -0.2) is 4.98 Å². The lowest BCUT2D eigenvalue weighted by Crippen LogP contribution is -2.52. The summed E-state index contributed by atoms with van der Waals surface area (Å²) in [6.45, 7) is 4.20. The Hall–Kier alpha value is -5.80. The number of H-pyrrole nitrogens is 1. The highest BCUT2D eigenvalue weighted by atomic mass is 16.2. The lowest BCUT2D eigenvalue weighted by molar-refractivity contribution is -0.136. The Morgan fingerprint density at radius 3 is 2.69 bits per heavy atom. The molecule has 3 aliphatic heterocycles. The molecule has 282 valence electrons. The summed E-state index contributed by atoms with van der Waals surface area (Å²) in [5.74, 6) is 5.97. The number of imide groups is 1. The van der Waals surface area contributed by atoms with Gasteiger partial charge in [0.25, 0.3) is 11.8 Å². The molecule has 0 aliphatic carbocycles. The fourth-order valence-electron chi connectivity index (χ4n) is 8.31. The number of hydrogen-bond acceptors (Lipinski definition) is 7. The number of nitrogens with one attached hydrogen (secondary N) is 3. The maximum Gasteiger partial charge on any atom is 0.256 e. The van der Waals surface area contributed by atoms with E-state index >= 15 is 0 Å². The second-order valence-electron chi connectivity index (χ2n) is 15.1. The third-order valence-corrected chi connectivity index (χ3v) is 11.3. The number of aryl methyl sites for hydroxylation is 2. The Labute approximate surface area is 320 Å². The number of amides is 4. The molecule has 0 radical (unpaired) electrons. The van der Waals surface area contributed by atoms with Gasteiger partial charge in [-0.3, -0.25) is 34.1 Å². The van der Waals surface area contributed by atoms with Gasteiger partial charge in [-0.05, 0) is 88.5 Å². The maximum atomic E-state index is 13.4. The van der Waals surface area contributed by atoms with Gasteiger partial charge in [0.2, 0.25) is 11.8 Å². The lowest BCUT2D eigenvalue weighted by Gasteiger charge is -2.29. The van der Waals surface area contributed by atoms with Crippen molar-refractivity contribution in [3.63, 3.8) is 0 Å². The molecule has 12 heteroatoms. The van der Waals surface area contributed by atoms with Crippen molar-refractivity contribution in [2.24, 2.45) is 0 Å². The van der Waals surface area contributed by atoms with Gasteiger partial charge in [-0.2, -0.15) is 5.10 Å². The molecule has 3 aromatic heterocycles. The van der Waals surface area contributed by atoms with Crippen LogP contribution in [0.2, 0.25) is 0 Å². The molecule has 0 bridgehead atoms. The Morgan fingerprint density at radius 1 is 1.00 bits per heavy atom. The predicted molar refractivity (Wildman–Crippen MR) is 210 cm³/mol. The van der Waals surface area contributed by atoms with E-state index in [0.29, 0.717) is 36.0 Å². The van der Waals surface area contributed by atoms with Crippen LogP contribution >= 0.6 is 0 Å². The van der Waals surface area contributed by atoms with Crippen LogP contribution in [-0.2, 0) is 22.7 Å². The molecule has 2 aromatic carbocycles. The zero-order valence-corrected chi connectivity index (χ0v) is 31.4. The van der Waals surface area contributed by atoms with Crippen LogP contribution in [0.5, 0.6) is 0 Å². The van der Waals surface area contributed by atoms with Crippen molar-refractivity contribution in [3.05, 3.63) is 88.4 Å². The molecule has 0 saturated carbocycles. The topological polar surface area (TPSA) is 145 Å². The molecule has 8 rings (SSSR count). The number of aromatic amines is 1. The first kappa shape index (κ1) is 36.2. The van der Waals surface area contributed by atoms with Crippen LogP contribution in [0.1, 0.15) is 113 Å². The largest absolute Gasteiger partial charge is 0.357 e. The maximum absolute atomic E-state index is 13.4. The van der Waals surface area contributed by atoms with Gasteiger partial charge in [-0.1, -0.05) is 43.2 Å². The van der Waals surface area contributed by atoms with Gasteiger partial charge in [0, 0.05) is 77.4 Å². The Kier molecular flexibility index (Phi) is 10.2. The molecule has 6 heterocycles. The minimum absolute atomic E-state index is 0.183. The van der Waals surface area contributed by atoms with Crippen molar-refractivity contribution >= 4 is 51.3 Å². The number of aromatic nitrogens is 4. The lowest BCUT2D eigenvalue weighted by atomic mass is 10.0. The fraction of sp³-hybridized carbons (Fsp3) is 0.395. The van der Waals surface area contributed by atoms with E-state index in [9.17, 15) is 19.2 Å². The van der Waals surface area contributed by atoms with Crippen molar-refractivity contribution in [3.8, 4) is 11.8 Å². The Bertz CT molecular complexity index is 2380. The zero-order valence-electron chi connectivity index (χ0n) is 31.4. The Morgan fingerprint density at radius 2 is 1.85 bits per heavy atom. The zero-order chi connectivity index (χ0) is 38.1. The highest BCUT2D eigenvalue weighted by Gasteiger charge is 2.39. The van der Waals surface area contributed by atoms with Gasteiger partial charge in [0.1, 0.15) is 11.9 Å². The number of benzene rings is 2. The number of hydrogen-bond donors (Lipinski definition) is 3. The van der Waals surface area contributed by atoms with E-state index in [1.54, 1.807) is 11.0 Å². The van der Waals surface area contributed by atoms with Gasteiger partial charge in [-0.15, -0.1) is 0 Å². The SMILES string of the molecule is Cc1nn(CCCCCCCC#Cc2cccc3c2CN(C2CCC(=O)NC2=O)C3=O)c2cc(C(=O)Nc3cc4[nH]c([C@H]5CCCN5C)cc4cn3)ccc12. The third-order valence-electron chi connectivity index (χ3n) is 11.3. The van der Waals surface area contributed by atoms with Crippen LogP contribution in [0, 0.1) is 18.8 Å². The number of fused-ring (bicyclic) bond motifs is 3. The predicted octanol–water partition coefficient (Wildman–Crippen LogP) is 6.39. The average Bonchev–Trinajstić information content (AvgIpc) is 3.95. The summed E-state index contributed by atoms with van der Waals surface area (Å²) in [7, 11) is 2.16. The van der Waals surface area contributed by atoms with Crippen LogP contribution in [0.25, 0.3) is 21.8 Å². The van der Waals surface area contributed by atoms with E-state index < -0.39 is 11.9 Å². The van der Waals surface area contributed by atoms with Crippen molar-refractivity contribution in [1.82, 2.24) is 34.9 Å². The monoisotopic (exact) mass is 738 g/mol. The van der Waals surface area contributed by atoms with Crippen molar-refractivity contribution < 1.29 is 19.2 Å². The summed E-state index contributed by atoms with van der Waals surface area (Å²) in [6, 6.07) is 15.1. The first-order valence-corrected chi connectivity index (χ1v) is 19.5. The number of nitrogens with zero attached hydrogens (tertiary/aromatic N) is 5. The highest BCUT2D eigenvalue weighted by Crippen LogP contribution is 2.33. The van der Waals surface area contributed by atoms with Crippen LogP contribution in [0.15, 0.2) is 54.7 Å². The molecule has 4 amide bonds. The first-order valence-electron chi connectivity index (χ1n) is 19.5. The molecule has 2 atom stereocenters. The van der Waals surface area contributed by atoms with Crippen molar-refractivity contribution in [2.45, 2.75) is 96.3 Å². The number of anilines is 1. The number of pyridine rings is 1. The Balaban J connectivity index is 0.808. The average molecular weight is 739 g/mol. The molecule has 5 aromatic rings. The molecular formula is C43H46N8O4. The molecule has 2 saturated heterocycles. The quantitative estimate of drug-likeness (QED) is 0.0809. The highest BCUT2D eigenvalue weighted by molar-refractivity contribution is 6.07. The number of unbranched alkanes of at least 4 members (excludes halogenated alkanes) is 5. The molecule has 3 aliphatic rings. The van der Waals surface area contributed by atoms with E-state index in [4.69, 9.17) is 5.10 Å². The molecule has 55 heavy (non-hydrogen) atoms.